The number of piperidine rings is 1. The quantitative estimate of drug-likeness (QED) is 0.811. The van der Waals surface area contributed by atoms with E-state index in [1.54, 1.807) is 6.07 Å². The van der Waals surface area contributed by atoms with Gasteiger partial charge in [-0.3, -0.25) is 4.90 Å². The highest BCUT2D eigenvalue weighted by atomic mass is 79.9. The van der Waals surface area contributed by atoms with Gasteiger partial charge in [0.15, 0.2) is 11.5 Å². The third kappa shape index (κ3) is 2.68. The number of rotatable bonds is 2. The first kappa shape index (κ1) is 15.6. The Hall–Kier alpha value is -0.740. The van der Waals surface area contributed by atoms with Gasteiger partial charge in [0.05, 0.1) is 0 Å². The number of aromatic hydroxyl groups is 2. The number of hydrogen-bond acceptors (Lipinski definition) is 3. The Morgan fingerprint density at radius 1 is 1.25 bits per heavy atom. The highest BCUT2D eigenvalue weighted by molar-refractivity contribution is 8.93. The topological polar surface area (TPSA) is 43.7 Å². The van der Waals surface area contributed by atoms with Crippen LogP contribution in [0.2, 0.25) is 0 Å². The number of fused-ring (bicyclic) bond motifs is 2. The van der Waals surface area contributed by atoms with Crippen LogP contribution in [0, 0.1) is 5.92 Å². The molecule has 2 N–H and O–H groups in total. The van der Waals surface area contributed by atoms with E-state index in [1.807, 2.05) is 6.07 Å². The molecule has 0 radical (unpaired) electrons. The van der Waals surface area contributed by atoms with Gasteiger partial charge in [-0.15, -0.1) is 17.0 Å². The van der Waals surface area contributed by atoms with E-state index in [2.05, 4.69) is 11.8 Å². The van der Waals surface area contributed by atoms with Crippen molar-refractivity contribution in [1.82, 2.24) is 4.90 Å². The van der Waals surface area contributed by atoms with Crippen LogP contribution in [0.5, 0.6) is 11.5 Å². The summed E-state index contributed by atoms with van der Waals surface area (Å²) in [4.78, 5) is 2.63. The van der Waals surface area contributed by atoms with Gasteiger partial charge in [0.25, 0.3) is 0 Å². The van der Waals surface area contributed by atoms with Gasteiger partial charge in [0.2, 0.25) is 0 Å². The first-order valence-electron chi connectivity index (χ1n) is 7.47. The molecule has 1 aromatic rings. The monoisotopic (exact) mass is 341 g/mol. The summed E-state index contributed by atoms with van der Waals surface area (Å²) in [5, 5.41) is 19.7. The summed E-state index contributed by atoms with van der Waals surface area (Å²) >= 11 is 0. The summed E-state index contributed by atoms with van der Waals surface area (Å²) in [6, 6.07) is 4.24. The Morgan fingerprint density at radius 3 is 2.80 bits per heavy atom. The van der Waals surface area contributed by atoms with Crippen molar-refractivity contribution in [3.63, 3.8) is 0 Å². The van der Waals surface area contributed by atoms with E-state index >= 15 is 0 Å². The van der Waals surface area contributed by atoms with Gasteiger partial charge in [-0.05, 0) is 62.7 Å². The average molecular weight is 342 g/mol. The molecule has 4 heteroatoms. The molecule has 20 heavy (non-hydrogen) atoms. The maximum atomic E-state index is 10.0. The van der Waals surface area contributed by atoms with Gasteiger partial charge >= 0.3 is 0 Å². The average Bonchev–Trinajstić information content (AvgIpc) is 2.42. The van der Waals surface area contributed by atoms with Crippen LogP contribution in [-0.2, 0) is 12.8 Å². The fraction of sp³-hybridized carbons (Fsp3) is 0.625. The fourth-order valence-electron chi connectivity index (χ4n) is 3.88. The Bertz CT molecular complexity index is 476. The second kappa shape index (κ2) is 6.35. The molecule has 0 aromatic heterocycles. The van der Waals surface area contributed by atoms with Crippen molar-refractivity contribution in [2.75, 3.05) is 13.1 Å². The van der Waals surface area contributed by atoms with E-state index in [0.29, 0.717) is 12.0 Å². The SMILES string of the molecule is Br.CCCN1CCC[C@@H]2Cc3c(ccc(O)c3O)C[C@H]21. The predicted molar refractivity (Wildman–Crippen MR) is 85.9 cm³/mol. The van der Waals surface area contributed by atoms with E-state index in [4.69, 9.17) is 0 Å². The molecule has 3 rings (SSSR count). The minimum atomic E-state index is 0. The molecule has 0 saturated carbocycles. The summed E-state index contributed by atoms with van der Waals surface area (Å²) < 4.78 is 0. The molecule has 2 aliphatic rings. The molecule has 1 aliphatic heterocycles. The van der Waals surface area contributed by atoms with Crippen molar-refractivity contribution in [3.05, 3.63) is 23.3 Å². The fourth-order valence-corrected chi connectivity index (χ4v) is 3.88. The highest BCUT2D eigenvalue weighted by Crippen LogP contribution is 2.41. The molecule has 1 fully saturated rings. The molecule has 3 nitrogen and oxygen atoms in total. The zero-order valence-electron chi connectivity index (χ0n) is 12.0. The number of nitrogens with zero attached hydrogens (tertiary/aromatic N) is 1. The Morgan fingerprint density at radius 2 is 2.05 bits per heavy atom. The van der Waals surface area contributed by atoms with Crippen LogP contribution in [-0.4, -0.2) is 34.2 Å². The minimum Gasteiger partial charge on any atom is -0.504 e. The van der Waals surface area contributed by atoms with E-state index in [0.717, 1.165) is 18.4 Å². The van der Waals surface area contributed by atoms with E-state index in [1.165, 1.54) is 37.9 Å². The third-order valence-corrected chi connectivity index (χ3v) is 4.80. The van der Waals surface area contributed by atoms with Gasteiger partial charge in [0.1, 0.15) is 0 Å². The number of phenols is 2. The summed E-state index contributed by atoms with van der Waals surface area (Å²) in [7, 11) is 0. The molecule has 112 valence electrons. The Labute approximate surface area is 131 Å². The minimum absolute atomic E-state index is 0. The molecular weight excluding hydrogens is 318 g/mol. The lowest BCUT2D eigenvalue weighted by Gasteiger charge is -2.44. The standard InChI is InChI=1S/C16H23NO2.BrH/c1-2-7-17-8-3-4-12-9-13-11(10-14(12)17)5-6-15(18)16(13)19;/h5-6,12,14,18-19H,2-4,7-10H2,1H3;1H/t12-,14-;/m1./s1. The first-order chi connectivity index (χ1) is 9.20. The Balaban J connectivity index is 0.00000147. The molecule has 1 aromatic carbocycles. The van der Waals surface area contributed by atoms with Gasteiger partial charge in [0, 0.05) is 11.6 Å². The van der Waals surface area contributed by atoms with E-state index < -0.39 is 0 Å². The summed E-state index contributed by atoms with van der Waals surface area (Å²) in [6.07, 6.45) is 5.65. The number of benzene rings is 1. The molecular formula is C16H24BrNO2. The molecule has 1 aliphatic carbocycles. The normalized spacial score (nSPS) is 25.4. The lowest BCUT2D eigenvalue weighted by Crippen LogP contribution is -2.49. The molecule has 1 saturated heterocycles. The van der Waals surface area contributed by atoms with Crippen LogP contribution < -0.4 is 0 Å². The smallest absolute Gasteiger partial charge is 0.160 e. The summed E-state index contributed by atoms with van der Waals surface area (Å²) in [6.45, 7) is 4.64. The molecule has 0 amide bonds. The second-order valence-electron chi connectivity index (χ2n) is 5.98. The van der Waals surface area contributed by atoms with Gasteiger partial charge < -0.3 is 10.2 Å². The van der Waals surface area contributed by atoms with Crippen LogP contribution in [0.15, 0.2) is 12.1 Å². The lowest BCUT2D eigenvalue weighted by molar-refractivity contribution is 0.0848. The van der Waals surface area contributed by atoms with Crippen molar-refractivity contribution in [3.8, 4) is 11.5 Å². The lowest BCUT2D eigenvalue weighted by atomic mass is 9.75. The van der Waals surface area contributed by atoms with Gasteiger partial charge in [-0.1, -0.05) is 13.0 Å². The number of hydrogen-bond donors (Lipinski definition) is 2. The maximum absolute atomic E-state index is 10.0. The van der Waals surface area contributed by atoms with E-state index in [9.17, 15) is 10.2 Å². The number of likely N-dealkylation sites (tertiary alicyclic amines) is 1. The maximum Gasteiger partial charge on any atom is 0.160 e. The van der Waals surface area contributed by atoms with Crippen molar-refractivity contribution >= 4 is 17.0 Å². The van der Waals surface area contributed by atoms with E-state index in [-0.39, 0.29) is 28.5 Å². The number of phenolic OH excluding ortho intramolecular Hbond substituents is 2. The molecule has 2 atom stereocenters. The molecule has 1 heterocycles. The largest absolute Gasteiger partial charge is 0.504 e. The van der Waals surface area contributed by atoms with Crippen LogP contribution in [0.1, 0.15) is 37.3 Å². The van der Waals surface area contributed by atoms with Crippen LogP contribution >= 0.6 is 17.0 Å². The highest BCUT2D eigenvalue weighted by Gasteiger charge is 2.36. The van der Waals surface area contributed by atoms with Crippen LogP contribution in [0.4, 0.5) is 0 Å². The number of halogens is 1. The third-order valence-electron chi connectivity index (χ3n) is 4.80. The van der Waals surface area contributed by atoms with Crippen molar-refractivity contribution in [1.29, 1.82) is 0 Å². The van der Waals surface area contributed by atoms with Crippen LogP contribution in [0.3, 0.4) is 0 Å². The van der Waals surface area contributed by atoms with Crippen molar-refractivity contribution < 1.29 is 10.2 Å². The summed E-state index contributed by atoms with van der Waals surface area (Å²) in [5.41, 5.74) is 2.21. The first-order valence-corrected chi connectivity index (χ1v) is 7.47. The zero-order chi connectivity index (χ0) is 13.4. The molecule has 0 bridgehead atoms. The Kier molecular flexibility index (Phi) is 4.97. The zero-order valence-corrected chi connectivity index (χ0v) is 13.7. The second-order valence-corrected chi connectivity index (χ2v) is 5.98. The predicted octanol–water partition coefficient (Wildman–Crippen LogP) is 3.26. The summed E-state index contributed by atoms with van der Waals surface area (Å²) in [5.74, 6) is 0.780. The van der Waals surface area contributed by atoms with Gasteiger partial charge in [-0.25, -0.2) is 0 Å². The van der Waals surface area contributed by atoms with Crippen LogP contribution in [0.25, 0.3) is 0 Å². The molecule has 0 unspecified atom stereocenters. The van der Waals surface area contributed by atoms with Crippen molar-refractivity contribution in [2.24, 2.45) is 5.92 Å². The van der Waals surface area contributed by atoms with Crippen molar-refractivity contribution in [2.45, 2.75) is 45.1 Å². The molecule has 0 spiro atoms. The van der Waals surface area contributed by atoms with Gasteiger partial charge in [-0.2, -0.15) is 0 Å².